The number of rotatable bonds is 7. The van der Waals surface area contributed by atoms with Gasteiger partial charge in [-0.15, -0.1) is 0 Å². The van der Waals surface area contributed by atoms with Crippen LogP contribution in [-0.4, -0.2) is 66.9 Å². The summed E-state index contributed by atoms with van der Waals surface area (Å²) in [5.41, 5.74) is 0.485. The molecule has 1 fully saturated rings. The van der Waals surface area contributed by atoms with E-state index in [-0.39, 0.29) is 23.6 Å². The molecule has 0 spiro atoms. The second kappa shape index (κ2) is 10.1. The number of carbonyl (C=O) groups excluding carboxylic acids is 3. The summed E-state index contributed by atoms with van der Waals surface area (Å²) in [5, 5.41) is 2.96. The van der Waals surface area contributed by atoms with Crippen LogP contribution < -0.4 is 10.1 Å². The van der Waals surface area contributed by atoms with Crippen LogP contribution in [0.4, 0.5) is 0 Å². The molecule has 1 aromatic rings. The van der Waals surface area contributed by atoms with E-state index in [1.54, 1.807) is 48.1 Å². The molecule has 7 nitrogen and oxygen atoms in total. The van der Waals surface area contributed by atoms with Gasteiger partial charge in [0, 0.05) is 38.7 Å². The van der Waals surface area contributed by atoms with Crippen molar-refractivity contribution >= 4 is 17.7 Å². The summed E-state index contributed by atoms with van der Waals surface area (Å²) in [5.74, 6) is 0.387. The molecule has 1 atom stereocenters. The molecule has 0 radical (unpaired) electrons. The third-order valence-corrected chi connectivity index (χ3v) is 5.44. The monoisotopic (exact) mass is 389 g/mol. The third kappa shape index (κ3) is 5.24. The number of likely N-dealkylation sites (N-methyl/N-ethyl adjacent to an activating group) is 1. The fraction of sp³-hybridized carbons (Fsp3) is 0.571. The molecule has 154 valence electrons. The number of nitrogens with one attached hydrogen (secondary N) is 1. The largest absolute Gasteiger partial charge is 0.497 e. The Bertz CT molecular complexity index is 677. The Labute approximate surface area is 167 Å². The van der Waals surface area contributed by atoms with E-state index in [1.165, 1.54) is 0 Å². The molecule has 0 aliphatic carbocycles. The van der Waals surface area contributed by atoms with Gasteiger partial charge < -0.3 is 19.9 Å². The first kappa shape index (κ1) is 21.7. The van der Waals surface area contributed by atoms with Gasteiger partial charge in [-0.3, -0.25) is 14.4 Å². The molecule has 7 heteroatoms. The van der Waals surface area contributed by atoms with E-state index in [9.17, 15) is 14.4 Å². The fourth-order valence-electron chi connectivity index (χ4n) is 3.63. The highest BCUT2D eigenvalue weighted by atomic mass is 16.5. The molecule has 0 bridgehead atoms. The van der Waals surface area contributed by atoms with Crippen molar-refractivity contribution in [2.24, 2.45) is 5.92 Å². The van der Waals surface area contributed by atoms with Crippen molar-refractivity contribution < 1.29 is 19.1 Å². The zero-order chi connectivity index (χ0) is 20.7. The summed E-state index contributed by atoms with van der Waals surface area (Å²) in [6.45, 7) is 7.84. The van der Waals surface area contributed by atoms with Gasteiger partial charge in [0.25, 0.3) is 5.91 Å². The average Bonchev–Trinajstić information content (AvgIpc) is 2.72. The number of benzene rings is 1. The van der Waals surface area contributed by atoms with Crippen molar-refractivity contribution in [1.82, 2.24) is 15.1 Å². The van der Waals surface area contributed by atoms with Crippen molar-refractivity contribution in [2.75, 3.05) is 33.3 Å². The Kier molecular flexibility index (Phi) is 7.84. The van der Waals surface area contributed by atoms with E-state index < -0.39 is 6.04 Å². The predicted molar refractivity (Wildman–Crippen MR) is 107 cm³/mol. The number of hydrogen-bond donors (Lipinski definition) is 1. The van der Waals surface area contributed by atoms with E-state index in [0.29, 0.717) is 50.3 Å². The molecular weight excluding hydrogens is 358 g/mol. The zero-order valence-electron chi connectivity index (χ0n) is 17.2. The maximum atomic E-state index is 13.1. The van der Waals surface area contributed by atoms with Gasteiger partial charge in [-0.25, -0.2) is 0 Å². The second-order valence-electron chi connectivity index (χ2n) is 7.03. The Hall–Kier alpha value is -2.57. The van der Waals surface area contributed by atoms with Gasteiger partial charge in [-0.1, -0.05) is 0 Å². The minimum atomic E-state index is -0.594. The van der Waals surface area contributed by atoms with Crippen LogP contribution >= 0.6 is 0 Å². The van der Waals surface area contributed by atoms with Gasteiger partial charge >= 0.3 is 0 Å². The Morgan fingerprint density at radius 2 is 1.71 bits per heavy atom. The maximum absolute atomic E-state index is 13.1. The highest BCUT2D eigenvalue weighted by Crippen LogP contribution is 2.23. The number of likely N-dealkylation sites (tertiary alicyclic amines) is 1. The lowest BCUT2D eigenvalue weighted by molar-refractivity contribution is -0.135. The van der Waals surface area contributed by atoms with Gasteiger partial charge in [0.2, 0.25) is 11.8 Å². The van der Waals surface area contributed by atoms with Crippen molar-refractivity contribution in [3.05, 3.63) is 29.8 Å². The average molecular weight is 389 g/mol. The lowest BCUT2D eigenvalue weighted by atomic mass is 9.88. The highest BCUT2D eigenvalue weighted by Gasteiger charge is 2.35. The standard InChI is InChI=1S/C21H31N3O4/c1-5-23(6-2)21(27)19(16-11-13-24(14-12-16)15(3)25)22-20(26)17-7-9-18(28-4)10-8-17/h7-10,16,19H,5-6,11-14H2,1-4H3,(H,22,26)/t19-/m1/s1. The van der Waals surface area contributed by atoms with Crippen molar-refractivity contribution in [2.45, 2.75) is 39.7 Å². The summed E-state index contributed by atoms with van der Waals surface area (Å²) >= 11 is 0. The molecular formula is C21H31N3O4. The van der Waals surface area contributed by atoms with Crippen LogP contribution in [0.15, 0.2) is 24.3 Å². The molecule has 1 saturated heterocycles. The Morgan fingerprint density at radius 3 is 2.18 bits per heavy atom. The highest BCUT2D eigenvalue weighted by molar-refractivity contribution is 5.97. The lowest BCUT2D eigenvalue weighted by Crippen LogP contribution is -2.54. The molecule has 1 aromatic carbocycles. The van der Waals surface area contributed by atoms with Crippen molar-refractivity contribution in [3.63, 3.8) is 0 Å². The zero-order valence-corrected chi connectivity index (χ0v) is 17.2. The quantitative estimate of drug-likeness (QED) is 0.773. The normalized spacial score (nSPS) is 15.6. The molecule has 1 heterocycles. The van der Waals surface area contributed by atoms with E-state index in [1.807, 2.05) is 13.8 Å². The van der Waals surface area contributed by atoms with Crippen LogP contribution in [0.2, 0.25) is 0 Å². The molecule has 1 N–H and O–H groups in total. The minimum Gasteiger partial charge on any atom is -0.497 e. The van der Waals surface area contributed by atoms with Gasteiger partial charge in [0.1, 0.15) is 11.8 Å². The number of ether oxygens (including phenoxy) is 1. The molecule has 28 heavy (non-hydrogen) atoms. The molecule has 2 rings (SSSR count). The minimum absolute atomic E-state index is 0.00546. The first-order valence-corrected chi connectivity index (χ1v) is 9.90. The number of nitrogens with zero attached hydrogens (tertiary/aromatic N) is 2. The topological polar surface area (TPSA) is 79.0 Å². The molecule has 0 saturated carbocycles. The third-order valence-electron chi connectivity index (χ3n) is 5.44. The summed E-state index contributed by atoms with van der Waals surface area (Å²) in [6, 6.07) is 6.23. The van der Waals surface area contributed by atoms with E-state index in [4.69, 9.17) is 4.74 Å². The summed E-state index contributed by atoms with van der Waals surface area (Å²) in [7, 11) is 1.57. The first-order valence-electron chi connectivity index (χ1n) is 9.90. The lowest BCUT2D eigenvalue weighted by Gasteiger charge is -2.37. The smallest absolute Gasteiger partial charge is 0.251 e. The Morgan fingerprint density at radius 1 is 1.14 bits per heavy atom. The summed E-state index contributed by atoms with van der Waals surface area (Å²) < 4.78 is 5.13. The molecule has 1 aliphatic rings. The van der Waals surface area contributed by atoms with Crippen LogP contribution in [0.5, 0.6) is 5.75 Å². The number of methoxy groups -OCH3 is 1. The predicted octanol–water partition coefficient (Wildman–Crippen LogP) is 1.92. The molecule has 1 aliphatic heterocycles. The number of hydrogen-bond acceptors (Lipinski definition) is 4. The SMILES string of the molecule is CCN(CC)C(=O)[C@H](NC(=O)c1ccc(OC)cc1)C1CCN(C(C)=O)CC1. The van der Waals surface area contributed by atoms with Crippen LogP contribution in [-0.2, 0) is 9.59 Å². The van der Waals surface area contributed by atoms with Crippen LogP contribution in [0.1, 0.15) is 44.0 Å². The van der Waals surface area contributed by atoms with Gasteiger partial charge in [-0.2, -0.15) is 0 Å². The molecule has 0 unspecified atom stereocenters. The molecule has 0 aromatic heterocycles. The van der Waals surface area contributed by atoms with E-state index in [2.05, 4.69) is 5.32 Å². The number of carbonyl (C=O) groups is 3. The van der Waals surface area contributed by atoms with E-state index >= 15 is 0 Å². The van der Waals surface area contributed by atoms with Gasteiger partial charge in [-0.05, 0) is 56.9 Å². The molecule has 3 amide bonds. The summed E-state index contributed by atoms with van der Waals surface area (Å²) in [6.07, 6.45) is 1.39. The first-order chi connectivity index (χ1) is 13.4. The van der Waals surface area contributed by atoms with Crippen LogP contribution in [0, 0.1) is 5.92 Å². The van der Waals surface area contributed by atoms with Crippen molar-refractivity contribution in [1.29, 1.82) is 0 Å². The van der Waals surface area contributed by atoms with Crippen LogP contribution in [0.3, 0.4) is 0 Å². The second-order valence-corrected chi connectivity index (χ2v) is 7.03. The number of piperidine rings is 1. The maximum Gasteiger partial charge on any atom is 0.251 e. The Balaban J connectivity index is 2.16. The van der Waals surface area contributed by atoms with Crippen LogP contribution in [0.25, 0.3) is 0 Å². The fourth-order valence-corrected chi connectivity index (χ4v) is 3.63. The van der Waals surface area contributed by atoms with E-state index in [0.717, 1.165) is 0 Å². The van der Waals surface area contributed by atoms with Crippen molar-refractivity contribution in [3.8, 4) is 5.75 Å². The van der Waals surface area contributed by atoms with Gasteiger partial charge in [0.15, 0.2) is 0 Å². The summed E-state index contributed by atoms with van der Waals surface area (Å²) in [4.78, 5) is 41.0. The number of amides is 3. The van der Waals surface area contributed by atoms with Gasteiger partial charge in [0.05, 0.1) is 7.11 Å².